The summed E-state index contributed by atoms with van der Waals surface area (Å²) in [6.07, 6.45) is 0. The summed E-state index contributed by atoms with van der Waals surface area (Å²) >= 11 is 1.30. The standard InChI is InChI=1S/C14H10N4OS/c1-8-12(17)5-13(20-8)14(19)18-11-3-2-9(6-15)10(4-11)7-16/h2-5H,17H2,1H3,(H,18,19). The first-order valence-corrected chi connectivity index (χ1v) is 6.48. The Morgan fingerprint density at radius 1 is 1.25 bits per heavy atom. The summed E-state index contributed by atoms with van der Waals surface area (Å²) in [6.45, 7) is 1.84. The number of nitriles is 2. The zero-order valence-electron chi connectivity index (χ0n) is 10.6. The molecule has 0 fully saturated rings. The molecule has 20 heavy (non-hydrogen) atoms. The summed E-state index contributed by atoms with van der Waals surface area (Å²) in [5.74, 6) is -0.289. The van der Waals surface area contributed by atoms with Crippen LogP contribution in [-0.4, -0.2) is 5.91 Å². The fourth-order valence-electron chi connectivity index (χ4n) is 1.61. The molecule has 1 aromatic carbocycles. The van der Waals surface area contributed by atoms with E-state index in [1.54, 1.807) is 12.1 Å². The van der Waals surface area contributed by atoms with Crippen molar-refractivity contribution in [1.29, 1.82) is 10.5 Å². The van der Waals surface area contributed by atoms with E-state index in [4.69, 9.17) is 16.3 Å². The molecule has 0 saturated carbocycles. The molecule has 98 valence electrons. The Labute approximate surface area is 119 Å². The summed E-state index contributed by atoms with van der Waals surface area (Å²) in [4.78, 5) is 13.4. The van der Waals surface area contributed by atoms with Gasteiger partial charge in [-0.15, -0.1) is 11.3 Å². The van der Waals surface area contributed by atoms with Crippen LogP contribution < -0.4 is 11.1 Å². The third kappa shape index (κ3) is 2.61. The molecule has 0 spiro atoms. The minimum Gasteiger partial charge on any atom is -0.398 e. The topological polar surface area (TPSA) is 103 Å². The van der Waals surface area contributed by atoms with Gasteiger partial charge in [-0.2, -0.15) is 10.5 Å². The highest BCUT2D eigenvalue weighted by Gasteiger charge is 2.12. The van der Waals surface area contributed by atoms with E-state index >= 15 is 0 Å². The van der Waals surface area contributed by atoms with E-state index in [1.807, 2.05) is 19.1 Å². The lowest BCUT2D eigenvalue weighted by atomic mass is 10.1. The van der Waals surface area contributed by atoms with Crippen molar-refractivity contribution in [2.75, 3.05) is 11.1 Å². The monoisotopic (exact) mass is 282 g/mol. The molecular formula is C14H10N4OS. The maximum absolute atomic E-state index is 12.0. The van der Waals surface area contributed by atoms with Gasteiger partial charge in [-0.25, -0.2) is 0 Å². The summed E-state index contributed by atoms with van der Waals surface area (Å²) in [5, 5.41) is 20.4. The third-order valence-electron chi connectivity index (χ3n) is 2.70. The molecule has 0 unspecified atom stereocenters. The average molecular weight is 282 g/mol. The minimum atomic E-state index is -0.289. The van der Waals surface area contributed by atoms with Gasteiger partial charge in [0.2, 0.25) is 0 Å². The molecule has 0 bridgehead atoms. The van der Waals surface area contributed by atoms with Gasteiger partial charge < -0.3 is 11.1 Å². The lowest BCUT2D eigenvalue weighted by Gasteiger charge is -2.04. The van der Waals surface area contributed by atoms with Crippen molar-refractivity contribution < 1.29 is 4.79 Å². The predicted octanol–water partition coefficient (Wildman–Crippen LogP) is 2.63. The Hall–Kier alpha value is -2.83. The number of carbonyl (C=O) groups is 1. The van der Waals surface area contributed by atoms with Gasteiger partial charge in [0.15, 0.2) is 0 Å². The summed E-state index contributed by atoms with van der Waals surface area (Å²) in [6, 6.07) is 10.0. The highest BCUT2D eigenvalue weighted by molar-refractivity contribution is 7.14. The molecule has 2 rings (SSSR count). The van der Waals surface area contributed by atoms with Crippen molar-refractivity contribution in [2.24, 2.45) is 0 Å². The van der Waals surface area contributed by atoms with Crippen LogP contribution in [0.1, 0.15) is 25.7 Å². The number of benzene rings is 1. The molecule has 1 heterocycles. The maximum Gasteiger partial charge on any atom is 0.265 e. The number of rotatable bonds is 2. The smallest absolute Gasteiger partial charge is 0.265 e. The van der Waals surface area contributed by atoms with Gasteiger partial charge >= 0.3 is 0 Å². The van der Waals surface area contributed by atoms with Gasteiger partial charge in [0.05, 0.1) is 16.0 Å². The number of thiophene rings is 1. The van der Waals surface area contributed by atoms with Gasteiger partial charge in [-0.1, -0.05) is 0 Å². The zero-order chi connectivity index (χ0) is 14.7. The maximum atomic E-state index is 12.0. The van der Waals surface area contributed by atoms with E-state index in [1.165, 1.54) is 23.5 Å². The fraction of sp³-hybridized carbons (Fsp3) is 0.0714. The average Bonchev–Trinajstić information content (AvgIpc) is 2.78. The van der Waals surface area contributed by atoms with Crippen LogP contribution in [0, 0.1) is 29.6 Å². The Morgan fingerprint density at radius 2 is 1.95 bits per heavy atom. The van der Waals surface area contributed by atoms with Crippen LogP contribution in [0.15, 0.2) is 24.3 Å². The minimum absolute atomic E-state index is 0.229. The molecule has 0 aliphatic rings. The number of anilines is 2. The van der Waals surface area contributed by atoms with Crippen LogP contribution in [0.3, 0.4) is 0 Å². The molecule has 6 heteroatoms. The number of hydrogen-bond donors (Lipinski definition) is 2. The van der Waals surface area contributed by atoms with Gasteiger partial charge in [-0.3, -0.25) is 4.79 Å². The van der Waals surface area contributed by atoms with Crippen molar-refractivity contribution in [3.05, 3.63) is 45.1 Å². The number of carbonyl (C=O) groups excluding carboxylic acids is 1. The van der Waals surface area contributed by atoms with Crippen molar-refractivity contribution in [3.63, 3.8) is 0 Å². The number of nitrogens with zero attached hydrogens (tertiary/aromatic N) is 2. The lowest BCUT2D eigenvalue weighted by Crippen LogP contribution is -2.10. The van der Waals surface area contributed by atoms with E-state index in [-0.39, 0.29) is 17.0 Å². The highest BCUT2D eigenvalue weighted by atomic mass is 32.1. The zero-order valence-corrected chi connectivity index (χ0v) is 11.4. The Balaban J connectivity index is 2.25. The first-order valence-electron chi connectivity index (χ1n) is 5.66. The van der Waals surface area contributed by atoms with Crippen LogP contribution in [-0.2, 0) is 0 Å². The summed E-state index contributed by atoms with van der Waals surface area (Å²) in [7, 11) is 0. The van der Waals surface area contributed by atoms with Crippen LogP contribution in [0.4, 0.5) is 11.4 Å². The number of nitrogens with one attached hydrogen (secondary N) is 1. The molecule has 2 aromatic rings. The largest absolute Gasteiger partial charge is 0.398 e. The molecule has 0 aliphatic carbocycles. The van der Waals surface area contributed by atoms with Crippen molar-refractivity contribution >= 4 is 28.6 Å². The Morgan fingerprint density at radius 3 is 2.50 bits per heavy atom. The van der Waals surface area contributed by atoms with Gasteiger partial charge in [0.1, 0.15) is 12.1 Å². The SMILES string of the molecule is Cc1sc(C(=O)Nc2ccc(C#N)c(C#N)c2)cc1N. The van der Waals surface area contributed by atoms with Crippen LogP contribution in [0.5, 0.6) is 0 Å². The second kappa shape index (κ2) is 5.43. The van der Waals surface area contributed by atoms with Gasteiger partial charge in [-0.05, 0) is 31.2 Å². The van der Waals surface area contributed by atoms with Crippen molar-refractivity contribution in [3.8, 4) is 12.1 Å². The second-order valence-corrected chi connectivity index (χ2v) is 5.32. The van der Waals surface area contributed by atoms with Gasteiger partial charge in [0.25, 0.3) is 5.91 Å². The van der Waals surface area contributed by atoms with Crippen molar-refractivity contribution in [2.45, 2.75) is 6.92 Å². The molecule has 0 atom stereocenters. The number of hydrogen-bond acceptors (Lipinski definition) is 5. The van der Waals surface area contributed by atoms with Crippen LogP contribution >= 0.6 is 11.3 Å². The lowest BCUT2D eigenvalue weighted by molar-refractivity contribution is 0.103. The summed E-state index contributed by atoms with van der Waals surface area (Å²) in [5.41, 5.74) is 7.26. The molecule has 0 saturated heterocycles. The van der Waals surface area contributed by atoms with E-state index in [2.05, 4.69) is 5.32 Å². The fourth-order valence-corrected chi connectivity index (χ4v) is 2.45. The molecular weight excluding hydrogens is 272 g/mol. The first kappa shape index (κ1) is 13.6. The number of nitrogens with two attached hydrogens (primary N) is 1. The molecule has 3 N–H and O–H groups in total. The molecule has 0 aliphatic heterocycles. The van der Waals surface area contributed by atoms with Crippen molar-refractivity contribution in [1.82, 2.24) is 0 Å². The van der Waals surface area contributed by atoms with E-state index in [0.29, 0.717) is 16.3 Å². The number of amides is 1. The molecule has 1 amide bonds. The third-order valence-corrected chi connectivity index (χ3v) is 3.76. The molecule has 0 radical (unpaired) electrons. The van der Waals surface area contributed by atoms with Crippen LogP contribution in [0.2, 0.25) is 0 Å². The van der Waals surface area contributed by atoms with Gasteiger partial charge in [0, 0.05) is 16.3 Å². The highest BCUT2D eigenvalue weighted by Crippen LogP contribution is 2.24. The molecule has 1 aromatic heterocycles. The Kier molecular flexibility index (Phi) is 3.69. The predicted molar refractivity (Wildman–Crippen MR) is 77.3 cm³/mol. The molecule has 5 nitrogen and oxygen atoms in total. The van der Waals surface area contributed by atoms with E-state index in [9.17, 15) is 4.79 Å². The summed E-state index contributed by atoms with van der Waals surface area (Å²) < 4.78 is 0. The number of aryl methyl sites for hydroxylation is 1. The first-order chi connectivity index (χ1) is 9.55. The number of nitrogen functional groups attached to an aromatic ring is 1. The Bertz CT molecular complexity index is 745. The van der Waals surface area contributed by atoms with E-state index in [0.717, 1.165) is 4.88 Å². The quantitative estimate of drug-likeness (QED) is 0.883. The normalized spacial score (nSPS) is 9.55. The van der Waals surface area contributed by atoms with E-state index < -0.39 is 0 Å². The van der Waals surface area contributed by atoms with Crippen LogP contribution in [0.25, 0.3) is 0 Å². The second-order valence-electron chi connectivity index (χ2n) is 4.06.